The topological polar surface area (TPSA) is 102 Å². The zero-order chi connectivity index (χ0) is 28.1. The standard InChI is InChI=1S/C28H43NO8Si/c1-26(2,3)38(8,9)37-25-20(32-19(31)16-29-15-18(30)17-13-11-10-12-14-17)21-22(34-27(4,5)33-21)23-24(25)36-28(6,7)35-23/h10-14,20-25,29H,15-16H2,1-9H3/t20-,21-,22+,23-,24+,25+/m0/s1. The van der Waals surface area contributed by atoms with E-state index in [0.29, 0.717) is 5.56 Å². The molecule has 212 valence electrons. The van der Waals surface area contributed by atoms with Gasteiger partial charge in [0.05, 0.1) is 13.1 Å². The summed E-state index contributed by atoms with van der Waals surface area (Å²) >= 11 is 0. The first-order valence-corrected chi connectivity index (χ1v) is 16.3. The molecule has 0 bridgehead atoms. The largest absolute Gasteiger partial charge is 0.456 e. The summed E-state index contributed by atoms with van der Waals surface area (Å²) in [5, 5.41) is 2.82. The van der Waals surface area contributed by atoms with Crippen molar-refractivity contribution in [2.45, 2.75) is 115 Å². The predicted octanol–water partition coefficient (Wildman–Crippen LogP) is 3.81. The number of hydrogen-bond donors (Lipinski definition) is 1. The Kier molecular flexibility index (Phi) is 8.01. The van der Waals surface area contributed by atoms with E-state index in [1.807, 2.05) is 33.8 Å². The molecule has 1 aromatic rings. The highest BCUT2D eigenvalue weighted by Gasteiger charge is 2.66. The summed E-state index contributed by atoms with van der Waals surface area (Å²) in [6.45, 7) is 18.0. The Morgan fingerprint density at radius 3 is 1.87 bits per heavy atom. The average Bonchev–Trinajstić information content (AvgIpc) is 3.30. The van der Waals surface area contributed by atoms with Crippen LogP contribution >= 0.6 is 0 Å². The average molecular weight is 550 g/mol. The molecule has 1 saturated carbocycles. The zero-order valence-electron chi connectivity index (χ0n) is 24.0. The summed E-state index contributed by atoms with van der Waals surface area (Å²) in [6.07, 6.45) is -3.45. The highest BCUT2D eigenvalue weighted by Crippen LogP contribution is 2.48. The van der Waals surface area contributed by atoms with Gasteiger partial charge in [-0.15, -0.1) is 0 Å². The molecule has 4 rings (SSSR count). The molecule has 2 saturated heterocycles. The van der Waals surface area contributed by atoms with Crippen LogP contribution in [0.4, 0.5) is 0 Å². The molecule has 2 heterocycles. The third-order valence-electron chi connectivity index (χ3n) is 7.78. The molecule has 1 aliphatic carbocycles. The lowest BCUT2D eigenvalue weighted by atomic mass is 9.85. The van der Waals surface area contributed by atoms with Crippen LogP contribution in [0.3, 0.4) is 0 Å². The number of carbonyl (C=O) groups is 2. The first kappa shape index (κ1) is 29.3. The van der Waals surface area contributed by atoms with Gasteiger partial charge in [-0.2, -0.15) is 0 Å². The normalized spacial score (nSPS) is 31.9. The maximum atomic E-state index is 13.1. The van der Waals surface area contributed by atoms with E-state index in [4.69, 9.17) is 28.1 Å². The number of nitrogens with one attached hydrogen (secondary N) is 1. The van der Waals surface area contributed by atoms with E-state index in [9.17, 15) is 9.59 Å². The van der Waals surface area contributed by atoms with Crippen LogP contribution in [0.2, 0.25) is 18.1 Å². The molecule has 0 amide bonds. The highest BCUT2D eigenvalue weighted by molar-refractivity contribution is 6.74. The van der Waals surface area contributed by atoms with Crippen LogP contribution in [0.15, 0.2) is 30.3 Å². The SMILES string of the molecule is CC1(C)O[C@H]2[C@@H]3OC(C)(C)O[C@H]3[C@H](OC(=O)CNCC(=O)c3ccccc3)[C@@H](O[Si](C)(C)C(C)(C)C)[C@@H]2O1. The minimum Gasteiger partial charge on any atom is -0.456 e. The van der Waals surface area contributed by atoms with Crippen molar-refractivity contribution >= 4 is 20.1 Å². The number of carbonyl (C=O) groups excluding carboxylic acids is 2. The minimum atomic E-state index is -2.33. The van der Waals surface area contributed by atoms with Crippen molar-refractivity contribution in [3.8, 4) is 0 Å². The molecule has 10 heteroatoms. The first-order valence-electron chi connectivity index (χ1n) is 13.4. The van der Waals surface area contributed by atoms with E-state index in [-0.39, 0.29) is 23.9 Å². The summed E-state index contributed by atoms with van der Waals surface area (Å²) in [5.41, 5.74) is 0.581. The number of benzene rings is 1. The Balaban J connectivity index is 1.54. The van der Waals surface area contributed by atoms with E-state index in [2.05, 4.69) is 39.2 Å². The number of ether oxygens (including phenoxy) is 5. The molecule has 1 N–H and O–H groups in total. The van der Waals surface area contributed by atoms with Crippen LogP contribution in [0.1, 0.15) is 58.8 Å². The van der Waals surface area contributed by atoms with Crippen molar-refractivity contribution in [3.63, 3.8) is 0 Å². The van der Waals surface area contributed by atoms with Gasteiger partial charge < -0.3 is 28.1 Å². The smallest absolute Gasteiger partial charge is 0.320 e. The van der Waals surface area contributed by atoms with Gasteiger partial charge in [-0.1, -0.05) is 51.1 Å². The number of rotatable bonds is 8. The molecule has 0 unspecified atom stereocenters. The van der Waals surface area contributed by atoms with Crippen LogP contribution in [0.5, 0.6) is 0 Å². The number of hydrogen-bond acceptors (Lipinski definition) is 9. The van der Waals surface area contributed by atoms with Gasteiger partial charge in [0.15, 0.2) is 31.8 Å². The Labute approximate surface area is 227 Å². The van der Waals surface area contributed by atoms with Gasteiger partial charge >= 0.3 is 5.97 Å². The van der Waals surface area contributed by atoms with E-state index in [0.717, 1.165) is 0 Å². The Morgan fingerprint density at radius 1 is 0.842 bits per heavy atom. The van der Waals surface area contributed by atoms with Gasteiger partial charge in [-0.3, -0.25) is 14.9 Å². The van der Waals surface area contributed by atoms with Crippen LogP contribution in [-0.2, 0) is 32.9 Å². The van der Waals surface area contributed by atoms with Crippen LogP contribution in [0, 0.1) is 0 Å². The molecule has 0 spiro atoms. The lowest BCUT2D eigenvalue weighted by molar-refractivity contribution is -0.196. The molecule has 3 aliphatic rings. The number of esters is 1. The molecular formula is C28H43NO8Si. The van der Waals surface area contributed by atoms with Crippen molar-refractivity contribution in [1.29, 1.82) is 0 Å². The third kappa shape index (κ3) is 6.22. The Morgan fingerprint density at radius 2 is 1.34 bits per heavy atom. The second-order valence-electron chi connectivity index (χ2n) is 12.8. The predicted molar refractivity (Wildman–Crippen MR) is 143 cm³/mol. The summed E-state index contributed by atoms with van der Waals surface area (Å²) in [4.78, 5) is 25.5. The molecule has 2 aliphatic heterocycles. The maximum Gasteiger partial charge on any atom is 0.320 e. The van der Waals surface area contributed by atoms with Gasteiger partial charge in [0, 0.05) is 5.56 Å². The number of Topliss-reactive ketones (excluding diaryl/α,β-unsaturated/α-hetero) is 1. The van der Waals surface area contributed by atoms with Gasteiger partial charge in [-0.05, 0) is 45.8 Å². The van der Waals surface area contributed by atoms with Crippen LogP contribution in [-0.4, -0.2) is 81.4 Å². The fourth-order valence-corrected chi connectivity index (χ4v) is 6.31. The van der Waals surface area contributed by atoms with Gasteiger partial charge in [0.2, 0.25) is 0 Å². The number of fused-ring (bicyclic) bond motifs is 3. The summed E-state index contributed by atoms with van der Waals surface area (Å²) < 4.78 is 38.2. The Bertz CT molecular complexity index is 1020. The van der Waals surface area contributed by atoms with Crippen molar-refractivity contribution in [1.82, 2.24) is 5.32 Å². The van der Waals surface area contributed by atoms with Crippen LogP contribution in [0.25, 0.3) is 0 Å². The molecular weight excluding hydrogens is 506 g/mol. The monoisotopic (exact) mass is 549 g/mol. The molecule has 6 atom stereocenters. The third-order valence-corrected chi connectivity index (χ3v) is 12.3. The molecule has 9 nitrogen and oxygen atoms in total. The first-order chi connectivity index (χ1) is 17.5. The van der Waals surface area contributed by atoms with E-state index in [1.165, 1.54) is 0 Å². The van der Waals surface area contributed by atoms with Crippen molar-refractivity contribution in [2.24, 2.45) is 0 Å². The lowest BCUT2D eigenvalue weighted by Gasteiger charge is -2.47. The molecule has 0 aromatic heterocycles. The second-order valence-corrected chi connectivity index (χ2v) is 17.6. The molecule has 1 aromatic carbocycles. The molecule has 0 radical (unpaired) electrons. The minimum absolute atomic E-state index is 0.0161. The quantitative estimate of drug-likeness (QED) is 0.295. The van der Waals surface area contributed by atoms with Crippen molar-refractivity contribution in [3.05, 3.63) is 35.9 Å². The highest BCUT2D eigenvalue weighted by atomic mass is 28.4. The fraction of sp³-hybridized carbons (Fsp3) is 0.714. The maximum absolute atomic E-state index is 13.1. The zero-order valence-corrected chi connectivity index (χ0v) is 25.0. The van der Waals surface area contributed by atoms with Gasteiger partial charge in [0.25, 0.3) is 0 Å². The molecule has 3 fully saturated rings. The van der Waals surface area contributed by atoms with Crippen molar-refractivity contribution < 1.29 is 37.7 Å². The van der Waals surface area contributed by atoms with Crippen LogP contribution < -0.4 is 5.32 Å². The summed E-state index contributed by atoms with van der Waals surface area (Å²) in [5.74, 6) is -2.37. The number of ketones is 1. The van der Waals surface area contributed by atoms with E-state index < -0.39 is 62.5 Å². The summed E-state index contributed by atoms with van der Waals surface area (Å²) in [6, 6.07) is 8.94. The molecule has 38 heavy (non-hydrogen) atoms. The van der Waals surface area contributed by atoms with E-state index >= 15 is 0 Å². The Hall–Kier alpha value is -1.66. The van der Waals surface area contributed by atoms with Gasteiger partial charge in [-0.25, -0.2) is 0 Å². The second kappa shape index (κ2) is 10.4. The fourth-order valence-electron chi connectivity index (χ4n) is 5.01. The van der Waals surface area contributed by atoms with E-state index in [1.54, 1.807) is 24.3 Å². The van der Waals surface area contributed by atoms with Crippen molar-refractivity contribution in [2.75, 3.05) is 13.1 Å². The summed E-state index contributed by atoms with van der Waals surface area (Å²) in [7, 11) is -2.33. The lowest BCUT2D eigenvalue weighted by Crippen LogP contribution is -2.66. The van der Waals surface area contributed by atoms with Gasteiger partial charge in [0.1, 0.15) is 30.5 Å².